The van der Waals surface area contributed by atoms with Crippen molar-refractivity contribution in [2.75, 3.05) is 0 Å². The molecule has 0 spiro atoms. The number of phenols is 2. The summed E-state index contributed by atoms with van der Waals surface area (Å²) in [6.07, 6.45) is 3.19. The Hall–Kier alpha value is -3.35. The van der Waals surface area contributed by atoms with Crippen LogP contribution < -0.4 is 5.43 Å². The monoisotopic (exact) mass is 310 g/mol. The summed E-state index contributed by atoms with van der Waals surface area (Å²) in [5, 5.41) is 22.5. The zero-order valence-corrected chi connectivity index (χ0v) is 12.3. The second kappa shape index (κ2) is 5.80. The van der Waals surface area contributed by atoms with Crippen molar-refractivity contribution < 1.29 is 15.0 Å². The van der Waals surface area contributed by atoms with E-state index in [2.05, 4.69) is 15.5 Å². The summed E-state index contributed by atoms with van der Waals surface area (Å²) in [5.74, 6) is -0.895. The normalized spacial score (nSPS) is 11.2. The van der Waals surface area contributed by atoms with Crippen molar-refractivity contribution in [1.29, 1.82) is 0 Å². The molecule has 23 heavy (non-hydrogen) atoms. The van der Waals surface area contributed by atoms with Gasteiger partial charge in [-0.15, -0.1) is 0 Å². The fourth-order valence-corrected chi connectivity index (χ4v) is 2.17. The van der Waals surface area contributed by atoms with E-state index in [0.29, 0.717) is 16.9 Å². The molecule has 0 aliphatic carbocycles. The number of benzene rings is 1. The van der Waals surface area contributed by atoms with Crippen LogP contribution in [0.1, 0.15) is 21.7 Å². The lowest BCUT2D eigenvalue weighted by Gasteiger charge is -1.99. The molecule has 7 heteroatoms. The number of rotatable bonds is 3. The van der Waals surface area contributed by atoms with Gasteiger partial charge in [0.1, 0.15) is 5.65 Å². The molecule has 0 saturated carbocycles. The number of nitrogens with zero attached hydrogens (tertiary/aromatic N) is 3. The third kappa shape index (κ3) is 2.84. The van der Waals surface area contributed by atoms with Crippen LogP contribution in [-0.4, -0.2) is 31.7 Å². The molecule has 116 valence electrons. The minimum atomic E-state index is -0.426. The van der Waals surface area contributed by atoms with Gasteiger partial charge >= 0.3 is 0 Å². The van der Waals surface area contributed by atoms with E-state index in [-0.39, 0.29) is 11.5 Å². The quantitative estimate of drug-likeness (QED) is 0.390. The lowest BCUT2D eigenvalue weighted by molar-refractivity contribution is 0.0950. The summed E-state index contributed by atoms with van der Waals surface area (Å²) in [5.41, 5.74) is 4.62. The van der Waals surface area contributed by atoms with Gasteiger partial charge in [-0.3, -0.25) is 4.79 Å². The number of amides is 1. The number of hydrogen-bond donors (Lipinski definition) is 3. The fraction of sp³-hybridized carbons (Fsp3) is 0.0625. The fourth-order valence-electron chi connectivity index (χ4n) is 2.17. The molecule has 0 unspecified atom stereocenters. The smallest absolute Gasteiger partial charge is 0.291 e. The van der Waals surface area contributed by atoms with E-state index in [1.807, 2.05) is 28.8 Å². The van der Waals surface area contributed by atoms with Crippen molar-refractivity contribution in [1.82, 2.24) is 14.8 Å². The standard InChI is InChI=1S/C16H14N4O3/c1-10-15(18-14-4-2-3-7-20(10)14)16(23)19-17-9-11-5-6-12(21)13(22)8-11/h2-9,21-22H,1H3,(H,19,23)/b17-9+. The predicted molar refractivity (Wildman–Crippen MR) is 84.8 cm³/mol. The number of aryl methyl sites for hydroxylation is 1. The van der Waals surface area contributed by atoms with Crippen LogP contribution in [0.3, 0.4) is 0 Å². The zero-order valence-electron chi connectivity index (χ0n) is 12.3. The van der Waals surface area contributed by atoms with E-state index in [1.165, 1.54) is 18.3 Å². The highest BCUT2D eigenvalue weighted by Gasteiger charge is 2.14. The number of pyridine rings is 1. The molecule has 0 fully saturated rings. The van der Waals surface area contributed by atoms with E-state index in [4.69, 9.17) is 0 Å². The molecule has 1 aromatic carbocycles. The summed E-state index contributed by atoms with van der Waals surface area (Å²) in [6.45, 7) is 1.80. The van der Waals surface area contributed by atoms with Crippen LogP contribution in [0, 0.1) is 6.92 Å². The molecule has 3 aromatic rings. The third-order valence-electron chi connectivity index (χ3n) is 3.36. The number of phenolic OH excluding ortho intramolecular Hbond substituents is 2. The Kier molecular flexibility index (Phi) is 3.68. The van der Waals surface area contributed by atoms with E-state index in [0.717, 1.165) is 5.69 Å². The SMILES string of the molecule is Cc1c(C(=O)N/N=C/c2ccc(O)c(O)c2)nc2ccccn12. The number of hydrogen-bond acceptors (Lipinski definition) is 5. The van der Waals surface area contributed by atoms with Crippen molar-refractivity contribution in [2.24, 2.45) is 5.10 Å². The number of carbonyl (C=O) groups is 1. The van der Waals surface area contributed by atoms with Crippen LogP contribution in [0.15, 0.2) is 47.7 Å². The highest BCUT2D eigenvalue weighted by atomic mass is 16.3. The number of aromatic hydroxyl groups is 2. The van der Waals surface area contributed by atoms with Crippen LogP contribution >= 0.6 is 0 Å². The summed E-state index contributed by atoms with van der Waals surface area (Å²) in [6, 6.07) is 9.75. The van der Waals surface area contributed by atoms with Crippen molar-refractivity contribution in [3.8, 4) is 11.5 Å². The first-order valence-corrected chi connectivity index (χ1v) is 6.85. The molecule has 0 aliphatic heterocycles. The Morgan fingerprint density at radius 1 is 1.26 bits per heavy atom. The summed E-state index contributed by atoms with van der Waals surface area (Å²) >= 11 is 0. The largest absolute Gasteiger partial charge is 0.504 e. The summed E-state index contributed by atoms with van der Waals surface area (Å²) in [7, 11) is 0. The van der Waals surface area contributed by atoms with Crippen LogP contribution in [0.4, 0.5) is 0 Å². The lowest BCUT2D eigenvalue weighted by atomic mass is 10.2. The van der Waals surface area contributed by atoms with Gasteiger partial charge in [0, 0.05) is 6.20 Å². The van der Waals surface area contributed by atoms with Crippen LogP contribution in [-0.2, 0) is 0 Å². The van der Waals surface area contributed by atoms with Crippen LogP contribution in [0.25, 0.3) is 5.65 Å². The van der Waals surface area contributed by atoms with Gasteiger partial charge in [0.2, 0.25) is 0 Å². The minimum absolute atomic E-state index is 0.216. The Labute approximate surface area is 131 Å². The second-order valence-electron chi connectivity index (χ2n) is 4.92. The number of hydrazone groups is 1. The Bertz CT molecular complexity index is 915. The molecule has 2 aromatic heterocycles. The van der Waals surface area contributed by atoms with Gasteiger partial charge < -0.3 is 14.6 Å². The van der Waals surface area contributed by atoms with Gasteiger partial charge in [0.25, 0.3) is 5.91 Å². The number of aromatic nitrogens is 2. The van der Waals surface area contributed by atoms with E-state index in [9.17, 15) is 15.0 Å². The van der Waals surface area contributed by atoms with Crippen molar-refractivity contribution in [2.45, 2.75) is 6.92 Å². The van der Waals surface area contributed by atoms with Gasteiger partial charge in [-0.2, -0.15) is 5.10 Å². The van der Waals surface area contributed by atoms with Gasteiger partial charge in [-0.25, -0.2) is 10.4 Å². The van der Waals surface area contributed by atoms with Crippen molar-refractivity contribution >= 4 is 17.8 Å². The van der Waals surface area contributed by atoms with Crippen molar-refractivity contribution in [3.05, 3.63) is 59.5 Å². The maximum Gasteiger partial charge on any atom is 0.291 e. The zero-order chi connectivity index (χ0) is 16.4. The predicted octanol–water partition coefficient (Wildman–Crippen LogP) is 1.82. The third-order valence-corrected chi connectivity index (χ3v) is 3.36. The average Bonchev–Trinajstić information content (AvgIpc) is 2.88. The molecule has 0 bridgehead atoms. The van der Waals surface area contributed by atoms with Crippen LogP contribution in [0.5, 0.6) is 11.5 Å². The van der Waals surface area contributed by atoms with Gasteiger partial charge in [0.15, 0.2) is 17.2 Å². The molecule has 0 atom stereocenters. The molecular weight excluding hydrogens is 296 g/mol. The van der Waals surface area contributed by atoms with Gasteiger partial charge in [-0.1, -0.05) is 6.07 Å². The Morgan fingerprint density at radius 2 is 2.09 bits per heavy atom. The Morgan fingerprint density at radius 3 is 2.83 bits per heavy atom. The first-order valence-electron chi connectivity index (χ1n) is 6.85. The summed E-state index contributed by atoms with van der Waals surface area (Å²) < 4.78 is 1.82. The first-order chi connectivity index (χ1) is 11.1. The molecule has 2 heterocycles. The average molecular weight is 310 g/mol. The molecule has 1 amide bonds. The number of nitrogens with one attached hydrogen (secondary N) is 1. The van der Waals surface area contributed by atoms with Crippen molar-refractivity contribution in [3.63, 3.8) is 0 Å². The van der Waals surface area contributed by atoms with E-state index >= 15 is 0 Å². The molecule has 7 nitrogen and oxygen atoms in total. The lowest BCUT2D eigenvalue weighted by Crippen LogP contribution is -2.19. The Balaban J connectivity index is 1.77. The first kappa shape index (κ1) is 14.6. The summed E-state index contributed by atoms with van der Waals surface area (Å²) in [4.78, 5) is 16.4. The number of imidazole rings is 1. The molecular formula is C16H14N4O3. The van der Waals surface area contributed by atoms with E-state index in [1.54, 1.807) is 13.0 Å². The molecule has 0 aliphatic rings. The molecule has 3 N–H and O–H groups in total. The minimum Gasteiger partial charge on any atom is -0.504 e. The maximum absolute atomic E-state index is 12.2. The van der Waals surface area contributed by atoms with Gasteiger partial charge in [0.05, 0.1) is 11.9 Å². The molecule has 0 radical (unpaired) electrons. The van der Waals surface area contributed by atoms with Crippen LogP contribution in [0.2, 0.25) is 0 Å². The second-order valence-corrected chi connectivity index (χ2v) is 4.92. The number of fused-ring (bicyclic) bond motifs is 1. The highest BCUT2D eigenvalue weighted by Crippen LogP contribution is 2.23. The molecule has 3 rings (SSSR count). The topological polar surface area (TPSA) is 99.2 Å². The number of carbonyl (C=O) groups excluding carboxylic acids is 1. The van der Waals surface area contributed by atoms with Gasteiger partial charge in [-0.05, 0) is 42.8 Å². The van der Waals surface area contributed by atoms with E-state index < -0.39 is 5.91 Å². The maximum atomic E-state index is 12.2. The highest BCUT2D eigenvalue weighted by molar-refractivity contribution is 5.95. The molecule has 0 saturated heterocycles.